The molecule has 0 aliphatic carbocycles. The quantitative estimate of drug-likeness (QED) is 0.0653. The van der Waals surface area contributed by atoms with Gasteiger partial charge in [-0.1, -0.05) is 72.3 Å². The molecule has 0 spiro atoms. The molecule has 0 unspecified atom stereocenters. The molecule has 5 N–H and O–H groups in total. The third-order valence-corrected chi connectivity index (χ3v) is 15.6. The van der Waals surface area contributed by atoms with E-state index in [9.17, 15) is 9.59 Å². The summed E-state index contributed by atoms with van der Waals surface area (Å²) >= 11 is 17.5. The van der Waals surface area contributed by atoms with Gasteiger partial charge in [0.25, 0.3) is 5.56 Å². The fourth-order valence-electron chi connectivity index (χ4n) is 9.77. The first-order chi connectivity index (χ1) is 48.0. The molecule has 0 saturated heterocycles. The highest BCUT2D eigenvalue weighted by molar-refractivity contribution is 6.35. The van der Waals surface area contributed by atoms with Crippen LogP contribution in [0, 0.1) is 11.3 Å². The van der Waals surface area contributed by atoms with Gasteiger partial charge >= 0.3 is 5.69 Å². The highest BCUT2D eigenvalue weighted by atomic mass is 35.5. The van der Waals surface area contributed by atoms with E-state index in [-0.39, 0.29) is 34.4 Å². The molecule has 0 amide bonds. The molecule has 9 aromatic carbocycles. The van der Waals surface area contributed by atoms with Crippen LogP contribution in [-0.2, 0) is 6.54 Å². The van der Waals surface area contributed by atoms with Crippen LogP contribution in [0.1, 0.15) is 11.6 Å². The van der Waals surface area contributed by atoms with E-state index in [0.29, 0.717) is 34.2 Å². The molecule has 22 nitrogen and oxygen atoms in total. The Morgan fingerprint density at radius 1 is 0.440 bits per heavy atom. The standard InChI is InChI=1S/C17H18N4O.C17H14N4O.C16H14ClN3O.C8H4Cl2N2.C8H6N2O2.C8H11NO.ClH/c2*1-21(12-7-9-13(22-2)10-8-12)17-14-5-3-4-6-15(14)19-16(11-18)20-17;1-20(11-7-9-12(21-2)10-8-11)15-13-5-3-4-6-14(13)18-16(17)19-15;9-7-5-3-1-2-4-6(5)11-8(10)12-7;11-7-5-3-1-2-4-6(5)9-8(12)10-7;1-9-7-3-5-8(10-2)6-4-7;/h3-10H,11,18H2,1-2H3;3-10H,1-2H3;3-10H,1-2H3;1-4H;1-4H,(H2,9,10,11,12);3-6,9H,1-2H3;1H. The molecule has 14 aromatic rings. The van der Waals surface area contributed by atoms with E-state index in [0.717, 1.165) is 101 Å². The van der Waals surface area contributed by atoms with Crippen LogP contribution in [0.15, 0.2) is 228 Å². The number of nitrogens with two attached hydrogens (primary N) is 1. The van der Waals surface area contributed by atoms with Crippen LogP contribution in [0.25, 0.3) is 54.5 Å². The van der Waals surface area contributed by atoms with Crippen molar-refractivity contribution >= 4 is 142 Å². The van der Waals surface area contributed by atoms with Crippen LogP contribution in [0.3, 0.4) is 0 Å². The van der Waals surface area contributed by atoms with Crippen LogP contribution < -0.4 is 55.9 Å². The van der Waals surface area contributed by atoms with Crippen molar-refractivity contribution in [2.75, 3.05) is 76.6 Å². The smallest absolute Gasteiger partial charge is 0.326 e. The minimum atomic E-state index is -0.473. The van der Waals surface area contributed by atoms with Crippen LogP contribution in [0.4, 0.5) is 40.2 Å². The number of nitrogens with one attached hydrogen (secondary N) is 3. The fourth-order valence-corrected chi connectivity index (χ4v) is 10.4. The van der Waals surface area contributed by atoms with E-state index in [4.69, 9.17) is 64.7 Å². The lowest BCUT2D eigenvalue weighted by Crippen LogP contribution is -2.21. The first kappa shape index (κ1) is 74.1. The maximum absolute atomic E-state index is 11.1. The minimum Gasteiger partial charge on any atom is -0.497 e. The lowest BCUT2D eigenvalue weighted by molar-refractivity contribution is 0.414. The Labute approximate surface area is 597 Å². The summed E-state index contributed by atoms with van der Waals surface area (Å²) in [5.41, 5.74) is 12.8. The Morgan fingerprint density at radius 2 is 0.800 bits per heavy atom. The molecule has 5 aromatic heterocycles. The van der Waals surface area contributed by atoms with Gasteiger partial charge in [-0.05, 0) is 181 Å². The van der Waals surface area contributed by atoms with Crippen molar-refractivity contribution in [3.8, 4) is 29.1 Å². The maximum Gasteiger partial charge on any atom is 0.326 e. The first-order valence-electron chi connectivity index (χ1n) is 30.3. The fraction of sp³-hybridized carbons (Fsp3) is 0.122. The second kappa shape index (κ2) is 36.0. The number of rotatable bonds is 12. The van der Waals surface area contributed by atoms with Crippen molar-refractivity contribution < 1.29 is 18.9 Å². The van der Waals surface area contributed by atoms with Gasteiger partial charge in [0.05, 0.1) is 68.0 Å². The highest BCUT2D eigenvalue weighted by Gasteiger charge is 2.16. The molecular formula is C74H68Cl4N16O6. The van der Waals surface area contributed by atoms with Gasteiger partial charge < -0.3 is 49.7 Å². The zero-order chi connectivity index (χ0) is 70.4. The monoisotopic (exact) mass is 1420 g/mol. The normalized spacial score (nSPS) is 10.2. The number of anilines is 7. The number of halogens is 4. The second-order valence-corrected chi connectivity index (χ2v) is 22.1. The number of benzene rings is 9. The van der Waals surface area contributed by atoms with Gasteiger partial charge in [0, 0.05) is 72.5 Å². The molecule has 0 atom stereocenters. The molecule has 14 rings (SSSR count). The van der Waals surface area contributed by atoms with Gasteiger partial charge in [-0.25, -0.2) is 39.7 Å². The Bertz CT molecular complexity index is 5170. The average molecular weight is 1420 g/mol. The second-order valence-electron chi connectivity index (χ2n) is 21.0. The first-order valence-corrected chi connectivity index (χ1v) is 31.5. The van der Waals surface area contributed by atoms with Gasteiger partial charge in [-0.3, -0.25) is 9.78 Å². The van der Waals surface area contributed by atoms with Crippen molar-refractivity contribution in [3.05, 3.63) is 267 Å². The lowest BCUT2D eigenvalue weighted by atomic mass is 10.2. The van der Waals surface area contributed by atoms with Crippen molar-refractivity contribution in [3.63, 3.8) is 0 Å². The number of aromatic amines is 2. The SMILES string of the molecule is CNc1ccc(OC)cc1.COc1ccc(N(C)c2nc(C#N)nc3ccccc23)cc1.COc1ccc(N(C)c2nc(CN)nc3ccccc23)cc1.COc1ccc(N(C)c2nc(Cl)nc3ccccc23)cc1.Cl.Clc1nc(Cl)c2ccccc2n1.O=c1[nH]c(=O)c2ccccc2[nH]1. The molecule has 0 radical (unpaired) electrons. The third kappa shape index (κ3) is 19.1. The summed E-state index contributed by atoms with van der Waals surface area (Å²) in [7, 11) is 14.3. The lowest BCUT2D eigenvalue weighted by Gasteiger charge is -2.21. The van der Waals surface area contributed by atoms with E-state index in [1.165, 1.54) is 0 Å². The molecule has 5 heterocycles. The number of nitriles is 1. The Kier molecular flexibility index (Phi) is 26.7. The molecular weight excluding hydrogens is 1350 g/mol. The van der Waals surface area contributed by atoms with Gasteiger partial charge in [0.1, 0.15) is 57.5 Å². The number of hydrogen-bond donors (Lipinski definition) is 4. The summed E-state index contributed by atoms with van der Waals surface area (Å²) in [5, 5.41) is 17.1. The molecule has 0 aliphatic heterocycles. The molecule has 0 fully saturated rings. The van der Waals surface area contributed by atoms with E-state index < -0.39 is 5.69 Å². The topological polar surface area (TPSA) is 277 Å². The van der Waals surface area contributed by atoms with Crippen molar-refractivity contribution in [1.82, 2.24) is 49.8 Å². The Balaban J connectivity index is 0.000000156. The molecule has 0 aliphatic rings. The number of fused-ring (bicyclic) bond motifs is 5. The summed E-state index contributed by atoms with van der Waals surface area (Å²) in [5.74, 6) is 6.44. The highest BCUT2D eigenvalue weighted by Crippen LogP contribution is 2.34. The number of H-pyrrole nitrogens is 2. The van der Waals surface area contributed by atoms with Crippen LogP contribution >= 0.6 is 47.2 Å². The van der Waals surface area contributed by atoms with Gasteiger partial charge in [-0.15, -0.1) is 12.4 Å². The Morgan fingerprint density at radius 3 is 1.23 bits per heavy atom. The summed E-state index contributed by atoms with van der Waals surface area (Å²) in [6, 6.07) is 70.8. The van der Waals surface area contributed by atoms with E-state index in [1.54, 1.807) is 52.7 Å². The summed E-state index contributed by atoms with van der Waals surface area (Å²) in [6.45, 7) is 0.314. The zero-order valence-electron chi connectivity index (χ0n) is 55.4. The number of ether oxygens (including phenoxy) is 4. The molecule has 508 valence electrons. The Hall–Kier alpha value is -11.7. The van der Waals surface area contributed by atoms with Crippen molar-refractivity contribution in [2.24, 2.45) is 5.73 Å². The summed E-state index contributed by atoms with van der Waals surface area (Å²) in [6.07, 6.45) is 0. The molecule has 0 bridgehead atoms. The molecule has 26 heteroatoms. The minimum absolute atomic E-state index is 0. The number of aromatic nitrogens is 10. The average Bonchev–Trinajstić information content (AvgIpc) is 0.793. The van der Waals surface area contributed by atoms with Gasteiger partial charge in [0.2, 0.25) is 16.4 Å². The van der Waals surface area contributed by atoms with Crippen LogP contribution in [0.2, 0.25) is 15.7 Å². The van der Waals surface area contributed by atoms with Crippen molar-refractivity contribution in [2.45, 2.75) is 6.54 Å². The van der Waals surface area contributed by atoms with Crippen LogP contribution in [-0.4, -0.2) is 106 Å². The zero-order valence-corrected chi connectivity index (χ0v) is 58.5. The molecule has 0 saturated carbocycles. The summed E-state index contributed by atoms with van der Waals surface area (Å²) in [4.78, 5) is 66.6. The van der Waals surface area contributed by atoms with Crippen molar-refractivity contribution in [1.29, 1.82) is 5.26 Å². The van der Waals surface area contributed by atoms with Gasteiger partial charge in [0.15, 0.2) is 0 Å². The number of nitrogens with zero attached hydrogens (tertiary/aromatic N) is 12. The number of hydrogen-bond acceptors (Lipinski definition) is 20. The van der Waals surface area contributed by atoms with E-state index >= 15 is 0 Å². The van der Waals surface area contributed by atoms with E-state index in [2.05, 4.69) is 55.2 Å². The predicted octanol–water partition coefficient (Wildman–Crippen LogP) is 15.5. The van der Waals surface area contributed by atoms with E-state index in [1.807, 2.05) is 243 Å². The predicted molar refractivity (Wildman–Crippen MR) is 404 cm³/mol. The van der Waals surface area contributed by atoms with Gasteiger partial charge in [-0.2, -0.15) is 10.2 Å². The maximum atomic E-state index is 11.1. The number of para-hydroxylation sites is 5. The molecule has 100 heavy (non-hydrogen) atoms. The van der Waals surface area contributed by atoms with Crippen LogP contribution in [0.5, 0.6) is 23.0 Å². The largest absolute Gasteiger partial charge is 0.497 e. The summed E-state index contributed by atoms with van der Waals surface area (Å²) < 4.78 is 20.5. The number of methoxy groups -OCH3 is 4. The third-order valence-electron chi connectivity index (χ3n) is 14.9.